The number of hydrogen-bond donors (Lipinski definition) is 4. The number of nitrogens with two attached hydrogens (primary N) is 1. The number of aromatic nitrogens is 4. The number of nitrogens with one attached hydrogen (secondary N) is 1. The van der Waals surface area contributed by atoms with Crippen LogP contribution in [0.15, 0.2) is 67.0 Å². The Kier molecular flexibility index (Phi) is 5.99. The summed E-state index contributed by atoms with van der Waals surface area (Å²) in [6.07, 6.45) is -2.41. The molecule has 12 heteroatoms. The maximum atomic E-state index is 11.9. The fourth-order valence-corrected chi connectivity index (χ4v) is 5.28. The zero-order valence-corrected chi connectivity index (χ0v) is 21.3. The van der Waals surface area contributed by atoms with Gasteiger partial charge in [0, 0.05) is 12.5 Å². The summed E-state index contributed by atoms with van der Waals surface area (Å²) in [6, 6.07) is 20.1. The van der Waals surface area contributed by atoms with Gasteiger partial charge in [0.15, 0.2) is 35.0 Å². The number of benzene rings is 2. The lowest BCUT2D eigenvalue weighted by Crippen LogP contribution is -2.45. The monoisotopic (exact) mass is 532 g/mol. The van der Waals surface area contributed by atoms with Gasteiger partial charge in [-0.3, -0.25) is 4.57 Å². The van der Waals surface area contributed by atoms with Gasteiger partial charge in [-0.1, -0.05) is 60.7 Å². The van der Waals surface area contributed by atoms with E-state index in [-0.39, 0.29) is 17.5 Å². The first-order chi connectivity index (χ1) is 18.7. The molecule has 4 heterocycles. The van der Waals surface area contributed by atoms with Crippen LogP contribution in [0.25, 0.3) is 11.2 Å². The lowest BCUT2D eigenvalue weighted by atomic mass is 9.91. The Labute approximate surface area is 223 Å². The lowest BCUT2D eigenvalue weighted by Gasteiger charge is -2.30. The van der Waals surface area contributed by atoms with E-state index in [2.05, 4.69) is 44.5 Å². The summed E-state index contributed by atoms with van der Waals surface area (Å²) in [5, 5.41) is 24.7. The molecule has 2 aromatic heterocycles. The Hall–Kier alpha value is -4.10. The highest BCUT2D eigenvalue weighted by atomic mass is 16.8. The van der Waals surface area contributed by atoms with Crippen molar-refractivity contribution < 1.29 is 29.2 Å². The molecule has 0 saturated carbocycles. The maximum absolute atomic E-state index is 11.9. The Morgan fingerprint density at radius 1 is 1.05 bits per heavy atom. The highest BCUT2D eigenvalue weighted by Crippen LogP contribution is 2.46. The zero-order valence-electron chi connectivity index (χ0n) is 21.3. The van der Waals surface area contributed by atoms with Crippen molar-refractivity contribution in [1.29, 1.82) is 0 Å². The smallest absolute Gasteiger partial charge is 0.335 e. The average molecular weight is 533 g/mol. The summed E-state index contributed by atoms with van der Waals surface area (Å²) in [6.45, 7) is 3.73. The van der Waals surface area contributed by atoms with Gasteiger partial charge in [0.05, 0.1) is 0 Å². The summed E-state index contributed by atoms with van der Waals surface area (Å²) in [4.78, 5) is 25.0. The molecule has 2 aromatic carbocycles. The normalized spacial score (nSPS) is 25.7. The van der Waals surface area contributed by atoms with Crippen LogP contribution in [0.2, 0.25) is 0 Å². The highest BCUT2D eigenvalue weighted by molar-refractivity contribution is 5.84. The van der Waals surface area contributed by atoms with Crippen LogP contribution in [0.3, 0.4) is 0 Å². The number of aliphatic hydroxyl groups is 1. The number of fused-ring (bicyclic) bond motifs is 2. The van der Waals surface area contributed by atoms with Crippen molar-refractivity contribution in [3.8, 4) is 0 Å². The standard InChI is InChI=1S/C27H28N6O6/c1-26(2)37-19-20(24(34)35)38-27(36,21(19)39-26)33-14-30-18-22(31-25(28)32-23(18)33)29-13-17(15-9-5-3-6-10-15)16-11-7-4-8-12-16/h3-12,14,17,19-21,36H,13H2,1-2H3,(H,34,35)(H3,28,29,31,32)/t19-,20+,21-,27+/m1/s1. The number of anilines is 2. The molecule has 2 aliphatic rings. The third-order valence-electron chi connectivity index (χ3n) is 6.98. The number of rotatable bonds is 7. The first kappa shape index (κ1) is 25.2. The van der Waals surface area contributed by atoms with Crippen molar-refractivity contribution in [3.05, 3.63) is 78.1 Å². The Balaban J connectivity index is 1.36. The minimum Gasteiger partial charge on any atom is -0.479 e. The molecule has 2 aliphatic heterocycles. The number of nitrogens with zero attached hydrogens (tertiary/aromatic N) is 4. The fourth-order valence-electron chi connectivity index (χ4n) is 5.28. The van der Waals surface area contributed by atoms with Gasteiger partial charge in [-0.25, -0.2) is 9.78 Å². The molecule has 0 spiro atoms. The minimum absolute atomic E-state index is 0.00794. The van der Waals surface area contributed by atoms with Gasteiger partial charge in [-0.15, -0.1) is 0 Å². The fraction of sp³-hybridized carbons (Fsp3) is 0.333. The van der Waals surface area contributed by atoms with E-state index in [0.717, 1.165) is 11.1 Å². The molecule has 2 fully saturated rings. The third-order valence-corrected chi connectivity index (χ3v) is 6.98. The van der Waals surface area contributed by atoms with Crippen LogP contribution in [0.1, 0.15) is 30.9 Å². The van der Waals surface area contributed by atoms with Crippen molar-refractivity contribution in [2.45, 2.75) is 49.8 Å². The van der Waals surface area contributed by atoms with Gasteiger partial charge >= 0.3 is 5.97 Å². The third kappa shape index (κ3) is 4.36. The predicted octanol–water partition coefficient (Wildman–Crippen LogP) is 2.26. The molecule has 0 aliphatic carbocycles. The van der Waals surface area contributed by atoms with Crippen molar-refractivity contribution in [2.75, 3.05) is 17.6 Å². The summed E-state index contributed by atoms with van der Waals surface area (Å²) < 4.78 is 18.5. The number of imidazole rings is 1. The predicted molar refractivity (Wildman–Crippen MR) is 139 cm³/mol. The molecular weight excluding hydrogens is 504 g/mol. The topological polar surface area (TPSA) is 167 Å². The zero-order chi connectivity index (χ0) is 27.4. The number of carboxylic acids is 1. The van der Waals surface area contributed by atoms with Gasteiger partial charge in [0.2, 0.25) is 5.95 Å². The summed E-state index contributed by atoms with van der Waals surface area (Å²) >= 11 is 0. The van der Waals surface area contributed by atoms with Crippen LogP contribution in [0, 0.1) is 0 Å². The number of carbonyl (C=O) groups is 1. The maximum Gasteiger partial charge on any atom is 0.335 e. The number of ether oxygens (including phenoxy) is 3. The molecule has 0 amide bonds. The largest absolute Gasteiger partial charge is 0.479 e. The van der Waals surface area contributed by atoms with E-state index < -0.39 is 36.0 Å². The van der Waals surface area contributed by atoms with Gasteiger partial charge < -0.3 is 35.5 Å². The van der Waals surface area contributed by atoms with Crippen LogP contribution in [-0.2, 0) is 24.9 Å². The molecule has 4 atom stereocenters. The van der Waals surface area contributed by atoms with E-state index in [1.165, 1.54) is 10.9 Å². The summed E-state index contributed by atoms with van der Waals surface area (Å²) in [7, 11) is 0. The van der Waals surface area contributed by atoms with Crippen molar-refractivity contribution in [3.63, 3.8) is 0 Å². The molecule has 6 rings (SSSR count). The SMILES string of the molecule is CC1(C)O[C@@H]2[C@@H](C(=O)O)O[C@](O)(n3cnc4c(NCC(c5ccccc5)c5ccccc5)nc(N)nc43)[C@@H]2O1. The van der Waals surface area contributed by atoms with E-state index in [0.29, 0.717) is 17.9 Å². The van der Waals surface area contributed by atoms with Crippen LogP contribution in [0.5, 0.6) is 0 Å². The van der Waals surface area contributed by atoms with Crippen LogP contribution < -0.4 is 11.1 Å². The molecule has 0 unspecified atom stereocenters. The van der Waals surface area contributed by atoms with E-state index in [4.69, 9.17) is 19.9 Å². The Bertz CT molecular complexity index is 1470. The van der Waals surface area contributed by atoms with Gasteiger partial charge in [0.1, 0.15) is 12.4 Å². The second-order valence-corrected chi connectivity index (χ2v) is 10.0. The second kappa shape index (κ2) is 9.27. The minimum atomic E-state index is -2.27. The molecule has 39 heavy (non-hydrogen) atoms. The summed E-state index contributed by atoms with van der Waals surface area (Å²) in [5.74, 6) is -4.43. The molecule has 12 nitrogen and oxygen atoms in total. The van der Waals surface area contributed by atoms with Gasteiger partial charge in [0.25, 0.3) is 5.91 Å². The quantitative estimate of drug-likeness (QED) is 0.276. The molecule has 0 bridgehead atoms. The molecule has 5 N–H and O–H groups in total. The van der Waals surface area contributed by atoms with Gasteiger partial charge in [-0.2, -0.15) is 9.97 Å². The molecule has 2 saturated heterocycles. The van der Waals surface area contributed by atoms with Gasteiger partial charge in [-0.05, 0) is 25.0 Å². The summed E-state index contributed by atoms with van der Waals surface area (Å²) in [5.41, 5.74) is 8.75. The van der Waals surface area contributed by atoms with Crippen LogP contribution >= 0.6 is 0 Å². The lowest BCUT2D eigenvalue weighted by molar-refractivity contribution is -0.313. The Morgan fingerprint density at radius 2 is 1.69 bits per heavy atom. The average Bonchev–Trinajstić information content (AvgIpc) is 3.56. The Morgan fingerprint density at radius 3 is 2.31 bits per heavy atom. The van der Waals surface area contributed by atoms with E-state index in [1.54, 1.807) is 13.8 Å². The van der Waals surface area contributed by atoms with Crippen LogP contribution in [-0.4, -0.2) is 66.3 Å². The highest BCUT2D eigenvalue weighted by Gasteiger charge is 2.66. The molecule has 4 aromatic rings. The second-order valence-electron chi connectivity index (χ2n) is 10.0. The van der Waals surface area contributed by atoms with E-state index in [1.807, 2.05) is 36.4 Å². The van der Waals surface area contributed by atoms with Crippen molar-refractivity contribution in [2.24, 2.45) is 0 Å². The molecule has 0 radical (unpaired) electrons. The molecular formula is C27H28N6O6. The van der Waals surface area contributed by atoms with Crippen molar-refractivity contribution in [1.82, 2.24) is 19.5 Å². The van der Waals surface area contributed by atoms with Crippen LogP contribution in [0.4, 0.5) is 11.8 Å². The number of aliphatic carboxylic acids is 1. The van der Waals surface area contributed by atoms with E-state index >= 15 is 0 Å². The first-order valence-corrected chi connectivity index (χ1v) is 12.5. The van der Waals surface area contributed by atoms with E-state index in [9.17, 15) is 15.0 Å². The number of nitrogen functional groups attached to an aromatic ring is 1. The molecule has 202 valence electrons. The first-order valence-electron chi connectivity index (χ1n) is 12.5. The number of carboxylic acid groups (broad SMARTS) is 1. The number of hydrogen-bond acceptors (Lipinski definition) is 10. The van der Waals surface area contributed by atoms with Crippen molar-refractivity contribution >= 4 is 28.9 Å².